The quantitative estimate of drug-likeness (QED) is 0.217. The molecular weight excluding hydrogens is 495 g/mol. The van der Waals surface area contributed by atoms with Gasteiger partial charge < -0.3 is 0 Å². The molecule has 0 N–H and O–H groups in total. The van der Waals surface area contributed by atoms with Crippen LogP contribution in [0.5, 0.6) is 0 Å². The van der Waals surface area contributed by atoms with E-state index in [4.69, 9.17) is 4.52 Å². The van der Waals surface area contributed by atoms with E-state index in [0.29, 0.717) is 0 Å². The molecule has 2 nitrogen and oxygen atoms in total. The summed E-state index contributed by atoms with van der Waals surface area (Å²) >= 11 is 0. The van der Waals surface area contributed by atoms with Crippen molar-refractivity contribution in [3.8, 4) is 11.1 Å². The molecule has 0 fully saturated rings. The summed E-state index contributed by atoms with van der Waals surface area (Å²) in [7, 11) is 0. The Bertz CT molecular complexity index is 1660. The van der Waals surface area contributed by atoms with Crippen LogP contribution in [0.4, 0.5) is 0 Å². The van der Waals surface area contributed by atoms with Crippen LogP contribution in [0, 0.1) is 0 Å². The molecule has 0 atom stereocenters. The van der Waals surface area contributed by atoms with Crippen LogP contribution in [0.2, 0.25) is 0 Å². The summed E-state index contributed by atoms with van der Waals surface area (Å²) in [6.07, 6.45) is 0. The molecule has 6 aromatic carbocycles. The molecule has 0 aromatic heterocycles. The van der Waals surface area contributed by atoms with Crippen LogP contribution in [-0.2, 0) is 9.32 Å². The van der Waals surface area contributed by atoms with E-state index in [1.807, 2.05) is 54.6 Å². The van der Waals surface area contributed by atoms with Crippen molar-refractivity contribution >= 4 is 44.8 Å². The molecule has 6 aromatic rings. The third kappa shape index (κ3) is 3.80. The summed E-state index contributed by atoms with van der Waals surface area (Å²) in [5, 5.41) is 6.24. The summed E-state index contributed by atoms with van der Waals surface area (Å²) in [5.41, 5.74) is 2.15. The average molecular weight is 525 g/mol. The van der Waals surface area contributed by atoms with Crippen molar-refractivity contribution < 1.29 is 9.32 Å². The maximum absolute atomic E-state index is 13.4. The first kappa shape index (κ1) is 24.8. The van der Waals surface area contributed by atoms with Crippen LogP contribution in [0.25, 0.3) is 21.9 Å². The van der Waals surface area contributed by atoms with Crippen LogP contribution < -0.4 is 21.2 Å². The van der Waals surface area contributed by atoms with Gasteiger partial charge in [0.2, 0.25) is 0 Å². The fourth-order valence-corrected chi connectivity index (χ4v) is 11.9. The van der Waals surface area contributed by atoms with E-state index in [9.17, 15) is 4.79 Å². The third-order valence-electron chi connectivity index (χ3n) is 7.50. The zero-order valence-electron chi connectivity index (χ0n) is 21.8. The van der Waals surface area contributed by atoms with Gasteiger partial charge in [-0.05, 0) is 0 Å². The minimum absolute atomic E-state index is 0.322. The fraction of sp³-hybridized carbons (Fsp3) is 0.0278. The first-order valence-corrected chi connectivity index (χ1v) is 15.3. The van der Waals surface area contributed by atoms with E-state index in [-0.39, 0.29) is 5.97 Å². The SMILES string of the molecule is CC(=O)OP(c1ccccc1)(c1ccccc1)(c1ccccc1)c1ccccc1-c1cccc2ccccc12. The van der Waals surface area contributed by atoms with Crippen LogP contribution >= 0.6 is 6.83 Å². The Morgan fingerprint density at radius 3 is 1.49 bits per heavy atom. The van der Waals surface area contributed by atoms with Crippen molar-refractivity contribution in [3.05, 3.63) is 158 Å². The third-order valence-corrected chi connectivity index (χ3v) is 13.3. The molecule has 0 radical (unpaired) electrons. The van der Waals surface area contributed by atoms with Gasteiger partial charge in [-0.3, -0.25) is 0 Å². The normalized spacial score (nSPS) is 12.4. The Morgan fingerprint density at radius 2 is 0.923 bits per heavy atom. The van der Waals surface area contributed by atoms with Gasteiger partial charge in [-0.15, -0.1) is 0 Å². The molecule has 190 valence electrons. The molecule has 0 aliphatic rings. The summed E-state index contributed by atoms with van der Waals surface area (Å²) in [4.78, 5) is 13.4. The van der Waals surface area contributed by atoms with Crippen molar-refractivity contribution in [2.45, 2.75) is 6.92 Å². The molecule has 0 aliphatic heterocycles. The van der Waals surface area contributed by atoms with Gasteiger partial charge in [0.1, 0.15) is 0 Å². The monoisotopic (exact) mass is 524 g/mol. The molecule has 0 amide bonds. The Labute approximate surface area is 229 Å². The van der Waals surface area contributed by atoms with E-state index in [1.165, 1.54) is 6.92 Å². The van der Waals surface area contributed by atoms with Gasteiger partial charge in [0.25, 0.3) is 0 Å². The first-order valence-electron chi connectivity index (χ1n) is 13.1. The van der Waals surface area contributed by atoms with Gasteiger partial charge in [-0.25, -0.2) is 0 Å². The Kier molecular flexibility index (Phi) is 6.35. The van der Waals surface area contributed by atoms with Crippen molar-refractivity contribution in [2.75, 3.05) is 0 Å². The molecule has 3 heteroatoms. The zero-order valence-corrected chi connectivity index (χ0v) is 22.7. The number of benzene rings is 6. The van der Waals surface area contributed by atoms with E-state index in [1.54, 1.807) is 0 Å². The second-order valence-electron chi connectivity index (χ2n) is 9.67. The Morgan fingerprint density at radius 1 is 0.487 bits per heavy atom. The van der Waals surface area contributed by atoms with Crippen molar-refractivity contribution in [1.29, 1.82) is 0 Å². The van der Waals surface area contributed by atoms with Gasteiger partial charge in [0.15, 0.2) is 0 Å². The van der Waals surface area contributed by atoms with Gasteiger partial charge in [0, 0.05) is 0 Å². The minimum atomic E-state index is -4.12. The van der Waals surface area contributed by atoms with E-state index in [0.717, 1.165) is 43.1 Å². The molecule has 0 aliphatic carbocycles. The molecule has 0 bridgehead atoms. The summed E-state index contributed by atoms with van der Waals surface area (Å²) in [5.74, 6) is -0.322. The number of carbonyl (C=O) groups is 1. The van der Waals surface area contributed by atoms with Crippen LogP contribution in [0.3, 0.4) is 0 Å². The first-order chi connectivity index (χ1) is 19.1. The predicted octanol–water partition coefficient (Wildman–Crippen LogP) is 7.14. The summed E-state index contributed by atoms with van der Waals surface area (Å²) in [6, 6.07) is 54.2. The molecule has 39 heavy (non-hydrogen) atoms. The molecule has 0 saturated heterocycles. The fourth-order valence-electron chi connectivity index (χ4n) is 6.00. The van der Waals surface area contributed by atoms with Crippen LogP contribution in [-0.4, -0.2) is 5.97 Å². The number of hydrogen-bond donors (Lipinski definition) is 0. The Balaban J connectivity index is 1.89. The van der Waals surface area contributed by atoms with Crippen LogP contribution in [0.15, 0.2) is 158 Å². The predicted molar refractivity (Wildman–Crippen MR) is 166 cm³/mol. The van der Waals surface area contributed by atoms with Gasteiger partial charge in [-0.2, -0.15) is 0 Å². The van der Waals surface area contributed by atoms with Crippen molar-refractivity contribution in [2.24, 2.45) is 0 Å². The summed E-state index contributed by atoms with van der Waals surface area (Å²) < 4.78 is 7.04. The molecule has 0 spiro atoms. The molecule has 0 unspecified atom stereocenters. The maximum atomic E-state index is 13.4. The van der Waals surface area contributed by atoms with Crippen molar-refractivity contribution in [3.63, 3.8) is 0 Å². The van der Waals surface area contributed by atoms with Crippen molar-refractivity contribution in [1.82, 2.24) is 0 Å². The topological polar surface area (TPSA) is 26.3 Å². The Hall–Kier alpha value is -4.52. The number of fused-ring (bicyclic) bond motifs is 1. The number of rotatable bonds is 6. The van der Waals surface area contributed by atoms with Gasteiger partial charge in [-0.1, -0.05) is 0 Å². The second kappa shape index (κ2) is 9.98. The number of carbonyl (C=O) groups excluding carboxylic acids is 1. The molecule has 0 saturated carbocycles. The van der Waals surface area contributed by atoms with Crippen LogP contribution in [0.1, 0.15) is 6.92 Å². The summed E-state index contributed by atoms with van der Waals surface area (Å²) in [6.45, 7) is -2.59. The standard InChI is InChI=1S/C36H29O2P/c1-28(37)38-39(30-18-5-2-6-19-30,31-20-7-3-8-21-31,32-22-9-4-10-23-32)36-27-14-13-25-35(36)34-26-15-17-29-16-11-12-24-33(29)34/h2-27H,1H3. The van der Waals surface area contributed by atoms with E-state index in [2.05, 4.69) is 103 Å². The van der Waals surface area contributed by atoms with E-state index >= 15 is 0 Å². The van der Waals surface area contributed by atoms with Gasteiger partial charge in [0.05, 0.1) is 0 Å². The van der Waals surface area contributed by atoms with E-state index < -0.39 is 6.83 Å². The molecule has 0 heterocycles. The molecular formula is C36H29O2P. The molecule has 6 rings (SSSR count). The number of hydrogen-bond acceptors (Lipinski definition) is 2. The zero-order chi connectivity index (χ0) is 26.7. The van der Waals surface area contributed by atoms with Gasteiger partial charge >= 0.3 is 230 Å². The second-order valence-corrected chi connectivity index (χ2v) is 14.0. The average Bonchev–Trinajstić information content (AvgIpc) is 3.01.